The third kappa shape index (κ3) is 3.64. The van der Waals surface area contributed by atoms with E-state index in [0.29, 0.717) is 29.8 Å². The number of carbonyl (C=O) groups is 2. The van der Waals surface area contributed by atoms with Gasteiger partial charge in [0, 0.05) is 31.3 Å². The van der Waals surface area contributed by atoms with Gasteiger partial charge in [-0.1, -0.05) is 55.5 Å². The molecule has 0 N–H and O–H groups in total. The number of hydrogen-bond acceptors (Lipinski definition) is 3. The maximum absolute atomic E-state index is 13.0. The Kier molecular flexibility index (Phi) is 5.29. The van der Waals surface area contributed by atoms with Crippen LogP contribution in [0.1, 0.15) is 39.6 Å². The highest BCUT2D eigenvalue weighted by atomic mass is 16.5. The van der Waals surface area contributed by atoms with E-state index in [1.807, 2.05) is 23.1 Å². The first kappa shape index (κ1) is 17.4. The van der Waals surface area contributed by atoms with Crippen molar-refractivity contribution in [3.8, 4) is 0 Å². The molecule has 0 saturated carbocycles. The zero-order valence-corrected chi connectivity index (χ0v) is 14.6. The summed E-state index contributed by atoms with van der Waals surface area (Å²) >= 11 is 0. The van der Waals surface area contributed by atoms with Crippen LogP contribution in [-0.2, 0) is 4.74 Å². The molecule has 0 radical (unpaired) electrons. The second kappa shape index (κ2) is 7.62. The van der Waals surface area contributed by atoms with Gasteiger partial charge in [0.15, 0.2) is 5.78 Å². The lowest BCUT2D eigenvalue weighted by Gasteiger charge is -2.36. The largest absolute Gasteiger partial charge is 0.381 e. The molecular weight excluding hydrogens is 314 g/mol. The van der Waals surface area contributed by atoms with Crippen molar-refractivity contribution in [2.75, 3.05) is 20.2 Å². The highest BCUT2D eigenvalue weighted by Gasteiger charge is 2.30. The highest BCUT2D eigenvalue weighted by Crippen LogP contribution is 2.23. The maximum Gasteiger partial charge on any atom is 0.254 e. The molecule has 0 aromatic heterocycles. The molecule has 0 bridgehead atoms. The lowest BCUT2D eigenvalue weighted by molar-refractivity contribution is 0.00292. The average Bonchev–Trinajstić information content (AvgIpc) is 2.67. The van der Waals surface area contributed by atoms with Crippen LogP contribution in [0, 0.1) is 5.92 Å². The molecule has 0 unspecified atom stereocenters. The lowest BCUT2D eigenvalue weighted by Crippen LogP contribution is -2.45. The number of piperidine rings is 1. The Labute approximate surface area is 148 Å². The molecule has 0 aliphatic carbocycles. The number of rotatable bonds is 4. The van der Waals surface area contributed by atoms with Crippen molar-refractivity contribution in [1.29, 1.82) is 0 Å². The van der Waals surface area contributed by atoms with Crippen LogP contribution in [0.2, 0.25) is 0 Å². The summed E-state index contributed by atoms with van der Waals surface area (Å²) in [6.07, 6.45) is 1.00. The molecule has 25 heavy (non-hydrogen) atoms. The van der Waals surface area contributed by atoms with Crippen molar-refractivity contribution in [3.63, 3.8) is 0 Å². The average molecular weight is 337 g/mol. The van der Waals surface area contributed by atoms with Crippen molar-refractivity contribution < 1.29 is 14.3 Å². The summed E-state index contributed by atoms with van der Waals surface area (Å²) in [6, 6.07) is 16.1. The first-order chi connectivity index (χ1) is 12.1. The normalized spacial score (nSPS) is 20.3. The van der Waals surface area contributed by atoms with Crippen molar-refractivity contribution >= 4 is 11.7 Å². The molecule has 2 aromatic carbocycles. The van der Waals surface area contributed by atoms with E-state index < -0.39 is 0 Å². The standard InChI is InChI=1S/C21H23NO3/c1-15-14-22(13-12-19(15)25-2)21(24)18-11-7-6-10-17(18)20(23)16-8-4-3-5-9-16/h3-11,15,19H,12-14H2,1-2H3/t15-,19-/m1/s1. The Morgan fingerprint density at radius 2 is 1.64 bits per heavy atom. The van der Waals surface area contributed by atoms with E-state index in [4.69, 9.17) is 4.74 Å². The number of amides is 1. The van der Waals surface area contributed by atoms with E-state index in [-0.39, 0.29) is 23.7 Å². The summed E-state index contributed by atoms with van der Waals surface area (Å²) < 4.78 is 5.46. The predicted molar refractivity (Wildman–Crippen MR) is 96.8 cm³/mol. The van der Waals surface area contributed by atoms with E-state index >= 15 is 0 Å². The number of hydrogen-bond donors (Lipinski definition) is 0. The Morgan fingerprint density at radius 3 is 2.28 bits per heavy atom. The Bertz CT molecular complexity index is 757. The van der Waals surface area contributed by atoms with Crippen molar-refractivity contribution in [1.82, 2.24) is 4.90 Å². The second-order valence-electron chi connectivity index (χ2n) is 6.53. The van der Waals surface area contributed by atoms with E-state index in [1.165, 1.54) is 0 Å². The van der Waals surface area contributed by atoms with Crippen LogP contribution in [0.4, 0.5) is 0 Å². The Hall–Kier alpha value is -2.46. The number of methoxy groups -OCH3 is 1. The van der Waals surface area contributed by atoms with Crippen molar-refractivity contribution in [2.24, 2.45) is 5.92 Å². The molecule has 3 rings (SSSR count). The minimum Gasteiger partial charge on any atom is -0.381 e. The quantitative estimate of drug-likeness (QED) is 0.803. The summed E-state index contributed by atoms with van der Waals surface area (Å²) in [5.74, 6) is 0.0744. The Balaban J connectivity index is 1.86. The third-order valence-electron chi connectivity index (χ3n) is 4.85. The van der Waals surface area contributed by atoms with Gasteiger partial charge in [0.2, 0.25) is 0 Å². The van der Waals surface area contributed by atoms with Gasteiger partial charge in [-0.2, -0.15) is 0 Å². The van der Waals surface area contributed by atoms with E-state index in [9.17, 15) is 9.59 Å². The molecular formula is C21H23NO3. The van der Waals surface area contributed by atoms with Gasteiger partial charge in [-0.3, -0.25) is 9.59 Å². The molecule has 1 aliphatic heterocycles. The monoisotopic (exact) mass is 337 g/mol. The molecule has 1 heterocycles. The van der Waals surface area contributed by atoms with Crippen LogP contribution in [0.3, 0.4) is 0 Å². The Morgan fingerprint density at radius 1 is 1.00 bits per heavy atom. The van der Waals surface area contributed by atoms with Gasteiger partial charge >= 0.3 is 0 Å². The third-order valence-corrected chi connectivity index (χ3v) is 4.85. The van der Waals surface area contributed by atoms with Crippen molar-refractivity contribution in [3.05, 3.63) is 71.3 Å². The molecule has 2 atom stereocenters. The molecule has 130 valence electrons. The molecule has 2 aromatic rings. The lowest BCUT2D eigenvalue weighted by atomic mass is 9.94. The van der Waals surface area contributed by atoms with Crippen LogP contribution in [0.25, 0.3) is 0 Å². The smallest absolute Gasteiger partial charge is 0.254 e. The number of likely N-dealkylation sites (tertiary alicyclic amines) is 1. The number of ether oxygens (including phenoxy) is 1. The zero-order chi connectivity index (χ0) is 17.8. The van der Waals surface area contributed by atoms with Gasteiger partial charge in [0.25, 0.3) is 5.91 Å². The van der Waals surface area contributed by atoms with Crippen molar-refractivity contribution in [2.45, 2.75) is 19.4 Å². The number of carbonyl (C=O) groups excluding carboxylic acids is 2. The van der Waals surface area contributed by atoms with E-state index in [0.717, 1.165) is 6.42 Å². The highest BCUT2D eigenvalue weighted by molar-refractivity contribution is 6.15. The van der Waals surface area contributed by atoms with Gasteiger partial charge in [0.05, 0.1) is 11.7 Å². The number of nitrogens with zero attached hydrogens (tertiary/aromatic N) is 1. The first-order valence-electron chi connectivity index (χ1n) is 8.62. The van der Waals surface area contributed by atoms with Gasteiger partial charge in [-0.05, 0) is 18.4 Å². The molecule has 1 fully saturated rings. The van der Waals surface area contributed by atoms with E-state index in [1.54, 1.807) is 43.5 Å². The second-order valence-corrected chi connectivity index (χ2v) is 6.53. The zero-order valence-electron chi connectivity index (χ0n) is 14.6. The fourth-order valence-electron chi connectivity index (χ4n) is 3.44. The molecule has 1 amide bonds. The van der Waals surface area contributed by atoms with E-state index in [2.05, 4.69) is 6.92 Å². The van der Waals surface area contributed by atoms with Gasteiger partial charge < -0.3 is 9.64 Å². The SMILES string of the molecule is CO[C@@H]1CCN(C(=O)c2ccccc2C(=O)c2ccccc2)C[C@H]1C. The predicted octanol–water partition coefficient (Wildman–Crippen LogP) is 3.41. The molecule has 4 heteroatoms. The summed E-state index contributed by atoms with van der Waals surface area (Å²) in [7, 11) is 1.71. The molecule has 1 saturated heterocycles. The minimum atomic E-state index is -0.121. The molecule has 4 nitrogen and oxygen atoms in total. The fraction of sp³-hybridized carbons (Fsp3) is 0.333. The summed E-state index contributed by atoms with van der Waals surface area (Å²) in [6.45, 7) is 3.38. The van der Waals surface area contributed by atoms with Crippen LogP contribution in [0.5, 0.6) is 0 Å². The minimum absolute atomic E-state index is 0.0821. The molecule has 1 aliphatic rings. The van der Waals surface area contributed by atoms with Gasteiger partial charge in [0.1, 0.15) is 0 Å². The number of ketones is 1. The molecule has 0 spiro atoms. The summed E-state index contributed by atoms with van der Waals surface area (Å²) in [5, 5.41) is 0. The summed E-state index contributed by atoms with van der Waals surface area (Å²) in [4.78, 5) is 27.7. The first-order valence-corrected chi connectivity index (χ1v) is 8.62. The van der Waals surface area contributed by atoms with Crippen LogP contribution < -0.4 is 0 Å². The number of benzene rings is 2. The van der Waals surface area contributed by atoms with Crippen LogP contribution >= 0.6 is 0 Å². The topological polar surface area (TPSA) is 46.6 Å². The fourth-order valence-corrected chi connectivity index (χ4v) is 3.44. The van der Waals surface area contributed by atoms with Gasteiger partial charge in [-0.25, -0.2) is 0 Å². The summed E-state index contributed by atoms with van der Waals surface area (Å²) in [5.41, 5.74) is 1.52. The van der Waals surface area contributed by atoms with Gasteiger partial charge in [-0.15, -0.1) is 0 Å². The van der Waals surface area contributed by atoms with Crippen LogP contribution in [0.15, 0.2) is 54.6 Å². The van der Waals surface area contributed by atoms with Crippen LogP contribution in [-0.4, -0.2) is 42.9 Å². The maximum atomic E-state index is 13.0.